The van der Waals surface area contributed by atoms with E-state index in [0.717, 1.165) is 0 Å². The molecule has 56 valence electrons. The Labute approximate surface area is 64.9 Å². The Kier molecular flexibility index (Phi) is 4.34. The van der Waals surface area contributed by atoms with Crippen molar-refractivity contribution in [2.45, 2.75) is 19.1 Å². The van der Waals surface area contributed by atoms with E-state index >= 15 is 0 Å². The van der Waals surface area contributed by atoms with Gasteiger partial charge >= 0.3 is 0 Å². The first-order valence-electron chi connectivity index (χ1n) is 2.55. The predicted octanol–water partition coefficient (Wildman–Crippen LogP) is 1.99. The third-order valence-corrected chi connectivity index (χ3v) is 5.46. The van der Waals surface area contributed by atoms with Crippen LogP contribution in [-0.2, 0) is 16.3 Å². The van der Waals surface area contributed by atoms with Crippen LogP contribution in [0.1, 0.15) is 13.8 Å². The van der Waals surface area contributed by atoms with Crippen LogP contribution in [0.25, 0.3) is 0 Å². The minimum atomic E-state index is -2.48. The number of hydrogen-bond donors (Lipinski definition) is 1. The maximum absolute atomic E-state index is 9.16. The van der Waals surface area contributed by atoms with Crippen molar-refractivity contribution in [2.75, 3.05) is 7.11 Å². The average Bonchev–Trinajstić information content (AvgIpc) is 1.63. The van der Waals surface area contributed by atoms with Gasteiger partial charge in [0.1, 0.15) is 0 Å². The highest BCUT2D eigenvalue weighted by atomic mass is 32.9. The minimum Gasteiger partial charge on any atom is -0.337 e. The molecule has 5 heteroatoms. The molecule has 0 aromatic rings. The van der Waals surface area contributed by atoms with E-state index < -0.39 is 5.69 Å². The lowest BCUT2D eigenvalue weighted by Crippen LogP contribution is -1.86. The smallest absolute Gasteiger partial charge is 0.244 e. The lowest BCUT2D eigenvalue weighted by molar-refractivity contribution is 0.404. The van der Waals surface area contributed by atoms with Crippen molar-refractivity contribution in [1.82, 2.24) is 0 Å². The third-order valence-electron chi connectivity index (χ3n) is 0.575. The van der Waals surface area contributed by atoms with E-state index in [1.54, 1.807) is 0 Å². The van der Waals surface area contributed by atoms with Crippen LogP contribution in [0.2, 0.25) is 0 Å². The second kappa shape index (κ2) is 3.94. The monoisotopic (exact) mass is 186 g/mol. The molecule has 0 heterocycles. The molecule has 1 N–H and O–H groups in total. The summed E-state index contributed by atoms with van der Waals surface area (Å²) in [6.45, 7) is 3.95. The van der Waals surface area contributed by atoms with Gasteiger partial charge in [-0.2, -0.15) is 0 Å². The van der Waals surface area contributed by atoms with Crippen LogP contribution < -0.4 is 0 Å². The molecule has 0 fully saturated rings. The highest BCUT2D eigenvalue weighted by molar-refractivity contribution is 8.67. The van der Waals surface area contributed by atoms with E-state index in [1.807, 2.05) is 13.8 Å². The molecule has 0 aromatic carbocycles. The van der Waals surface area contributed by atoms with Gasteiger partial charge in [0.25, 0.3) is 0 Å². The molecule has 1 unspecified atom stereocenters. The first-order chi connectivity index (χ1) is 3.98. The molecule has 0 radical (unpaired) electrons. The van der Waals surface area contributed by atoms with Gasteiger partial charge in [-0.05, 0) is 11.8 Å². The molecule has 9 heavy (non-hydrogen) atoms. The molecular weight excluding hydrogens is 175 g/mol. The van der Waals surface area contributed by atoms with Gasteiger partial charge in [-0.25, -0.2) is 0 Å². The van der Waals surface area contributed by atoms with Crippen molar-refractivity contribution in [3.05, 3.63) is 0 Å². The van der Waals surface area contributed by atoms with Crippen molar-refractivity contribution in [1.29, 1.82) is 0 Å². The van der Waals surface area contributed by atoms with E-state index in [1.165, 1.54) is 18.5 Å². The Hall–Kier alpha value is 0.920. The fraction of sp³-hybridized carbons (Fsp3) is 1.00. The minimum absolute atomic E-state index is 0.334. The van der Waals surface area contributed by atoms with Crippen LogP contribution >= 0.6 is 17.1 Å². The second-order valence-corrected chi connectivity index (χ2v) is 8.56. The van der Waals surface area contributed by atoms with Gasteiger partial charge in [-0.3, -0.25) is 0 Å². The number of hydrogen-bond acceptors (Lipinski definition) is 3. The Morgan fingerprint density at radius 2 is 2.11 bits per heavy atom. The van der Waals surface area contributed by atoms with Crippen LogP contribution in [0.5, 0.6) is 0 Å². The molecule has 0 amide bonds. The molecule has 0 aliphatic rings. The summed E-state index contributed by atoms with van der Waals surface area (Å²) in [7, 11) is 1.44. The fourth-order valence-electron chi connectivity index (χ4n) is 0.309. The van der Waals surface area contributed by atoms with Crippen LogP contribution in [0, 0.1) is 0 Å². The SMILES string of the molecule is COP(O)(=S)SC(C)C. The lowest BCUT2D eigenvalue weighted by Gasteiger charge is -2.13. The van der Waals surface area contributed by atoms with Crippen LogP contribution in [0.3, 0.4) is 0 Å². The zero-order valence-electron chi connectivity index (χ0n) is 5.70. The molecular formula is C4H11O2PS2. The van der Waals surface area contributed by atoms with E-state index in [2.05, 4.69) is 0 Å². The van der Waals surface area contributed by atoms with E-state index in [4.69, 9.17) is 21.2 Å². The molecule has 0 saturated carbocycles. The first kappa shape index (κ1) is 9.92. The van der Waals surface area contributed by atoms with E-state index in [0.29, 0.717) is 5.25 Å². The first-order valence-corrected chi connectivity index (χ1v) is 6.70. The third kappa shape index (κ3) is 5.37. The summed E-state index contributed by atoms with van der Waals surface area (Å²) in [6.07, 6.45) is 0. The van der Waals surface area contributed by atoms with Crippen molar-refractivity contribution in [2.24, 2.45) is 0 Å². The Morgan fingerprint density at radius 3 is 2.22 bits per heavy atom. The largest absolute Gasteiger partial charge is 0.337 e. The Bertz CT molecular complexity index is 126. The summed E-state index contributed by atoms with van der Waals surface area (Å²) in [4.78, 5) is 9.16. The average molecular weight is 186 g/mol. The van der Waals surface area contributed by atoms with Gasteiger partial charge in [0, 0.05) is 12.4 Å². The normalized spacial score (nSPS) is 17.9. The molecule has 0 bridgehead atoms. The molecule has 0 aliphatic carbocycles. The van der Waals surface area contributed by atoms with E-state index in [-0.39, 0.29) is 0 Å². The molecule has 2 nitrogen and oxygen atoms in total. The fourth-order valence-corrected chi connectivity index (χ4v) is 4.33. The zero-order valence-corrected chi connectivity index (χ0v) is 8.22. The Balaban J connectivity index is 3.73. The van der Waals surface area contributed by atoms with Crippen molar-refractivity contribution in [3.63, 3.8) is 0 Å². The highest BCUT2D eigenvalue weighted by Crippen LogP contribution is 2.57. The standard InChI is InChI=1S/C4H11O2PS2/c1-4(2)9-7(5,8)6-3/h4H,1-3H3,(H,5,8). The van der Waals surface area contributed by atoms with Gasteiger partial charge in [-0.1, -0.05) is 25.2 Å². The van der Waals surface area contributed by atoms with Gasteiger partial charge in [0.15, 0.2) is 0 Å². The van der Waals surface area contributed by atoms with Crippen LogP contribution in [0.15, 0.2) is 0 Å². The molecule has 1 atom stereocenters. The molecule has 0 saturated heterocycles. The van der Waals surface area contributed by atoms with Crippen molar-refractivity contribution in [3.8, 4) is 0 Å². The lowest BCUT2D eigenvalue weighted by atomic mass is 10.6. The van der Waals surface area contributed by atoms with Crippen molar-refractivity contribution < 1.29 is 9.42 Å². The summed E-state index contributed by atoms with van der Waals surface area (Å²) in [6, 6.07) is 0. The molecule has 0 spiro atoms. The molecule has 0 rings (SSSR count). The quantitative estimate of drug-likeness (QED) is 0.682. The van der Waals surface area contributed by atoms with E-state index in [9.17, 15) is 0 Å². The maximum atomic E-state index is 9.16. The van der Waals surface area contributed by atoms with Gasteiger partial charge in [0.2, 0.25) is 5.69 Å². The Morgan fingerprint density at radius 1 is 1.67 bits per heavy atom. The van der Waals surface area contributed by atoms with Gasteiger partial charge in [0.05, 0.1) is 0 Å². The molecule has 0 aromatic heterocycles. The van der Waals surface area contributed by atoms with Crippen molar-refractivity contribution >= 4 is 28.9 Å². The van der Waals surface area contributed by atoms with Crippen LogP contribution in [0.4, 0.5) is 0 Å². The summed E-state index contributed by atoms with van der Waals surface area (Å²) in [5, 5.41) is 0.334. The topological polar surface area (TPSA) is 29.5 Å². The number of rotatable bonds is 3. The predicted molar refractivity (Wildman–Crippen MR) is 46.2 cm³/mol. The van der Waals surface area contributed by atoms with Gasteiger partial charge < -0.3 is 9.42 Å². The maximum Gasteiger partial charge on any atom is 0.244 e. The van der Waals surface area contributed by atoms with Gasteiger partial charge in [-0.15, -0.1) is 0 Å². The molecule has 0 aliphatic heterocycles. The zero-order chi connectivity index (χ0) is 7.49. The second-order valence-electron chi connectivity index (χ2n) is 1.81. The summed E-state index contributed by atoms with van der Waals surface area (Å²) >= 11 is 6.04. The summed E-state index contributed by atoms with van der Waals surface area (Å²) in [5.41, 5.74) is -2.48. The summed E-state index contributed by atoms with van der Waals surface area (Å²) < 4.78 is 4.69. The van der Waals surface area contributed by atoms with Crippen LogP contribution in [-0.4, -0.2) is 17.3 Å². The highest BCUT2D eigenvalue weighted by Gasteiger charge is 2.13. The summed E-state index contributed by atoms with van der Waals surface area (Å²) in [5.74, 6) is 0.